The molecule has 2 heterocycles. The van der Waals surface area contributed by atoms with Crippen LogP contribution < -0.4 is 10.6 Å². The Morgan fingerprint density at radius 1 is 1.00 bits per heavy atom. The first-order chi connectivity index (χ1) is 16.6. The van der Waals surface area contributed by atoms with E-state index in [1.165, 1.54) is 0 Å². The van der Waals surface area contributed by atoms with Crippen molar-refractivity contribution < 1.29 is 14.1 Å². The number of hydrogen-bond donors (Lipinski definition) is 3. The Morgan fingerprint density at radius 2 is 1.85 bits per heavy atom. The number of nitrogens with zero attached hydrogens (tertiary/aromatic N) is 4. The molecule has 0 atom stereocenters. The van der Waals surface area contributed by atoms with E-state index in [4.69, 9.17) is 4.52 Å². The van der Waals surface area contributed by atoms with Gasteiger partial charge >= 0.3 is 0 Å². The zero-order valence-corrected chi connectivity index (χ0v) is 19.0. The number of aromatic amines is 1. The number of amides is 2. The second-order valence-corrected chi connectivity index (χ2v) is 8.25. The predicted octanol–water partition coefficient (Wildman–Crippen LogP) is 4.20. The molecular weight excluding hydrogens is 502 g/mol. The summed E-state index contributed by atoms with van der Waals surface area (Å²) in [5.74, 6) is -0.337. The lowest BCUT2D eigenvalue weighted by molar-refractivity contribution is -0.115. The van der Waals surface area contributed by atoms with Gasteiger partial charge in [-0.05, 0) is 47.2 Å². The van der Waals surface area contributed by atoms with E-state index in [0.29, 0.717) is 33.7 Å². The molecule has 0 radical (unpaired) electrons. The zero-order chi connectivity index (χ0) is 23.5. The Bertz CT molecular complexity index is 1480. The smallest absolute Gasteiger partial charge is 0.278 e. The van der Waals surface area contributed by atoms with Crippen molar-refractivity contribution in [3.63, 3.8) is 0 Å². The molecule has 0 aliphatic heterocycles. The van der Waals surface area contributed by atoms with Crippen LogP contribution in [0, 0.1) is 0 Å². The fraction of sp³-hybridized carbons (Fsp3) is 0.0435. The molecule has 0 saturated heterocycles. The molecule has 5 aromatic rings. The topological polar surface area (TPSA) is 139 Å². The summed E-state index contributed by atoms with van der Waals surface area (Å²) in [5.41, 5.74) is 2.97. The van der Waals surface area contributed by atoms with E-state index in [1.807, 2.05) is 30.3 Å². The van der Waals surface area contributed by atoms with E-state index in [-0.39, 0.29) is 18.0 Å². The van der Waals surface area contributed by atoms with Crippen molar-refractivity contribution >= 4 is 50.1 Å². The van der Waals surface area contributed by atoms with Crippen LogP contribution in [0.4, 0.5) is 11.4 Å². The van der Waals surface area contributed by atoms with Gasteiger partial charge in [0.05, 0.1) is 17.5 Å². The van der Waals surface area contributed by atoms with E-state index >= 15 is 0 Å². The van der Waals surface area contributed by atoms with E-state index < -0.39 is 5.91 Å². The molecule has 0 saturated carbocycles. The SMILES string of the molecule is O=C(Cc1ccccc1)Nc1ccc2onc(C(=O)Nc3ccc(Br)cc3-c3nn[nH]n3)c2c1. The highest BCUT2D eigenvalue weighted by atomic mass is 79.9. The lowest BCUT2D eigenvalue weighted by Gasteiger charge is -2.09. The third-order valence-electron chi connectivity index (χ3n) is 4.99. The summed E-state index contributed by atoms with van der Waals surface area (Å²) in [7, 11) is 0. The molecule has 0 bridgehead atoms. The number of fused-ring (bicyclic) bond motifs is 1. The highest BCUT2D eigenvalue weighted by Crippen LogP contribution is 2.30. The van der Waals surface area contributed by atoms with Gasteiger partial charge in [0.25, 0.3) is 5.91 Å². The number of carbonyl (C=O) groups excluding carboxylic acids is 2. The lowest BCUT2D eigenvalue weighted by Crippen LogP contribution is -2.15. The van der Waals surface area contributed by atoms with E-state index in [9.17, 15) is 9.59 Å². The first kappa shape index (κ1) is 21.5. The second-order valence-electron chi connectivity index (χ2n) is 7.33. The summed E-state index contributed by atoms with van der Waals surface area (Å²) < 4.78 is 6.10. The molecule has 34 heavy (non-hydrogen) atoms. The van der Waals surface area contributed by atoms with Gasteiger partial charge in [-0.15, -0.1) is 10.2 Å². The second kappa shape index (κ2) is 9.24. The van der Waals surface area contributed by atoms with Crippen LogP contribution in [0.2, 0.25) is 0 Å². The number of tetrazole rings is 1. The molecule has 0 aliphatic rings. The van der Waals surface area contributed by atoms with Gasteiger partial charge in [0, 0.05) is 15.7 Å². The summed E-state index contributed by atoms with van der Waals surface area (Å²) in [5, 5.41) is 24.0. The van der Waals surface area contributed by atoms with Crippen molar-refractivity contribution in [3.05, 3.63) is 82.5 Å². The van der Waals surface area contributed by atoms with Crippen LogP contribution in [0.3, 0.4) is 0 Å². The van der Waals surface area contributed by atoms with Crippen LogP contribution in [-0.4, -0.2) is 37.6 Å². The van der Waals surface area contributed by atoms with Crippen LogP contribution in [0.25, 0.3) is 22.4 Å². The quantitative estimate of drug-likeness (QED) is 0.306. The first-order valence-electron chi connectivity index (χ1n) is 10.1. The minimum absolute atomic E-state index is 0.0798. The molecule has 2 amide bonds. The van der Waals surface area contributed by atoms with Crippen molar-refractivity contribution in [2.75, 3.05) is 10.6 Å². The summed E-state index contributed by atoms with van der Waals surface area (Å²) >= 11 is 3.41. The Kier molecular flexibility index (Phi) is 5.83. The van der Waals surface area contributed by atoms with Gasteiger partial charge in [-0.25, -0.2) is 0 Å². The van der Waals surface area contributed by atoms with Crippen molar-refractivity contribution in [1.82, 2.24) is 25.8 Å². The van der Waals surface area contributed by atoms with Crippen LogP contribution in [-0.2, 0) is 11.2 Å². The standard InChI is InChI=1S/C23H16BrN7O3/c24-14-6-8-18(16(11-14)22-27-30-31-28-22)26-23(33)21-17-12-15(7-9-19(17)34-29-21)25-20(32)10-13-4-2-1-3-5-13/h1-9,11-12H,10H2,(H,25,32)(H,26,33)(H,27,28,30,31). The molecule has 168 valence electrons. The summed E-state index contributed by atoms with van der Waals surface area (Å²) in [6.45, 7) is 0. The summed E-state index contributed by atoms with van der Waals surface area (Å²) in [6, 6.07) is 19.7. The monoisotopic (exact) mass is 517 g/mol. The van der Waals surface area contributed by atoms with Crippen molar-refractivity contribution in [3.8, 4) is 11.4 Å². The third-order valence-corrected chi connectivity index (χ3v) is 5.49. The van der Waals surface area contributed by atoms with Gasteiger partial charge in [0.15, 0.2) is 11.3 Å². The minimum Gasteiger partial charge on any atom is -0.355 e. The van der Waals surface area contributed by atoms with Gasteiger partial charge < -0.3 is 15.2 Å². The van der Waals surface area contributed by atoms with Gasteiger partial charge in [-0.1, -0.05) is 51.4 Å². The fourth-order valence-corrected chi connectivity index (χ4v) is 3.80. The van der Waals surface area contributed by atoms with Gasteiger partial charge in [0.2, 0.25) is 11.7 Å². The van der Waals surface area contributed by atoms with E-state index in [2.05, 4.69) is 52.3 Å². The lowest BCUT2D eigenvalue weighted by atomic mass is 10.1. The number of H-pyrrole nitrogens is 1. The molecule has 5 rings (SSSR count). The number of nitrogens with one attached hydrogen (secondary N) is 3. The molecule has 11 heteroatoms. The maximum Gasteiger partial charge on any atom is 0.278 e. The zero-order valence-electron chi connectivity index (χ0n) is 17.4. The van der Waals surface area contributed by atoms with Gasteiger partial charge in [-0.2, -0.15) is 5.21 Å². The van der Waals surface area contributed by atoms with Gasteiger partial charge in [0.1, 0.15) is 0 Å². The molecule has 2 aromatic heterocycles. The highest BCUT2D eigenvalue weighted by molar-refractivity contribution is 9.10. The van der Waals surface area contributed by atoms with Crippen LogP contribution in [0.1, 0.15) is 16.1 Å². The maximum absolute atomic E-state index is 13.1. The number of rotatable bonds is 6. The Morgan fingerprint density at radius 3 is 2.65 bits per heavy atom. The van der Waals surface area contributed by atoms with E-state index in [0.717, 1.165) is 10.0 Å². The molecular formula is C23H16BrN7O3. The van der Waals surface area contributed by atoms with Crippen LogP contribution in [0.15, 0.2) is 75.7 Å². The molecule has 0 unspecified atom stereocenters. The highest BCUT2D eigenvalue weighted by Gasteiger charge is 2.20. The van der Waals surface area contributed by atoms with Crippen molar-refractivity contribution in [2.24, 2.45) is 0 Å². The Labute approximate surface area is 200 Å². The molecule has 0 aliphatic carbocycles. The molecule has 3 aromatic carbocycles. The van der Waals surface area contributed by atoms with Crippen molar-refractivity contribution in [2.45, 2.75) is 6.42 Å². The summed E-state index contributed by atoms with van der Waals surface area (Å²) in [6.07, 6.45) is 0.234. The number of anilines is 2. The van der Waals surface area contributed by atoms with Crippen LogP contribution >= 0.6 is 15.9 Å². The molecule has 0 fully saturated rings. The Balaban J connectivity index is 1.38. The van der Waals surface area contributed by atoms with Crippen molar-refractivity contribution in [1.29, 1.82) is 0 Å². The molecule has 10 nitrogen and oxygen atoms in total. The number of aromatic nitrogens is 5. The largest absolute Gasteiger partial charge is 0.355 e. The Hall–Kier alpha value is -4.38. The summed E-state index contributed by atoms with van der Waals surface area (Å²) in [4.78, 5) is 25.5. The number of halogens is 1. The third kappa shape index (κ3) is 4.55. The predicted molar refractivity (Wildman–Crippen MR) is 128 cm³/mol. The normalized spacial score (nSPS) is 10.9. The minimum atomic E-state index is -0.487. The first-order valence-corrected chi connectivity index (χ1v) is 10.9. The van der Waals surface area contributed by atoms with E-state index in [1.54, 1.807) is 36.4 Å². The average Bonchev–Trinajstić information content (AvgIpc) is 3.51. The number of benzene rings is 3. The van der Waals surface area contributed by atoms with Gasteiger partial charge in [-0.3, -0.25) is 9.59 Å². The fourth-order valence-electron chi connectivity index (χ4n) is 3.43. The number of hydrogen-bond acceptors (Lipinski definition) is 7. The molecule has 3 N–H and O–H groups in total. The maximum atomic E-state index is 13.1. The number of carbonyl (C=O) groups is 2. The van der Waals surface area contributed by atoms with Crippen LogP contribution in [0.5, 0.6) is 0 Å². The average molecular weight is 518 g/mol. The molecule has 0 spiro atoms.